The average molecular weight is 352 g/mol. The first-order valence-electron chi connectivity index (χ1n) is 8.02. The van der Waals surface area contributed by atoms with E-state index in [0.717, 1.165) is 0 Å². The molecule has 132 valence electrons. The van der Waals surface area contributed by atoms with Crippen LogP contribution in [-0.4, -0.2) is 16.0 Å². The van der Waals surface area contributed by atoms with Crippen molar-refractivity contribution in [2.75, 3.05) is 0 Å². The third-order valence-electron chi connectivity index (χ3n) is 3.71. The molecule has 0 saturated heterocycles. The molecule has 1 amide bonds. The molecule has 0 saturated carbocycles. The molecule has 0 spiro atoms. The van der Waals surface area contributed by atoms with Crippen LogP contribution in [0.15, 0.2) is 72.9 Å². The molecule has 5 nitrogen and oxygen atoms in total. The van der Waals surface area contributed by atoms with E-state index in [0.29, 0.717) is 11.1 Å². The fourth-order valence-corrected chi connectivity index (χ4v) is 2.35. The number of carbonyl (C=O) groups is 1. The molecular formula is C20H17FN2O3. The van der Waals surface area contributed by atoms with Crippen LogP contribution in [-0.2, 0) is 11.3 Å². The molecule has 0 fully saturated rings. The minimum Gasteiger partial charge on any atom is -0.436 e. The minimum atomic E-state index is -1.27. The topological polar surface area (TPSA) is 71.5 Å². The van der Waals surface area contributed by atoms with Crippen molar-refractivity contribution in [3.05, 3.63) is 89.9 Å². The summed E-state index contributed by atoms with van der Waals surface area (Å²) in [5.74, 6) is -0.820. The summed E-state index contributed by atoms with van der Waals surface area (Å²) in [6.45, 7) is 0.0837. The zero-order valence-electron chi connectivity index (χ0n) is 13.8. The number of pyridine rings is 1. The zero-order chi connectivity index (χ0) is 18.4. The quantitative estimate of drug-likeness (QED) is 0.714. The van der Waals surface area contributed by atoms with Gasteiger partial charge < -0.3 is 15.2 Å². The lowest BCUT2D eigenvalue weighted by Gasteiger charge is -2.13. The maximum absolute atomic E-state index is 13.8. The highest BCUT2D eigenvalue weighted by Gasteiger charge is 2.17. The third-order valence-corrected chi connectivity index (χ3v) is 3.71. The first kappa shape index (κ1) is 17.6. The number of para-hydroxylation sites is 1. The van der Waals surface area contributed by atoms with Gasteiger partial charge in [-0.3, -0.25) is 4.79 Å². The van der Waals surface area contributed by atoms with E-state index in [2.05, 4.69) is 10.3 Å². The van der Waals surface area contributed by atoms with Crippen LogP contribution in [0.3, 0.4) is 0 Å². The van der Waals surface area contributed by atoms with Crippen molar-refractivity contribution in [3.63, 3.8) is 0 Å². The van der Waals surface area contributed by atoms with Gasteiger partial charge in [0.05, 0.1) is 0 Å². The number of halogens is 1. The second kappa shape index (κ2) is 8.22. The Hall–Kier alpha value is -3.25. The molecule has 0 radical (unpaired) electrons. The van der Waals surface area contributed by atoms with Crippen LogP contribution in [0.4, 0.5) is 4.39 Å². The van der Waals surface area contributed by atoms with Gasteiger partial charge in [-0.1, -0.05) is 48.5 Å². The normalized spacial score (nSPS) is 11.6. The largest absolute Gasteiger partial charge is 0.436 e. The van der Waals surface area contributed by atoms with Crippen molar-refractivity contribution in [1.82, 2.24) is 10.3 Å². The number of carbonyl (C=O) groups excluding carboxylic acids is 1. The Morgan fingerprint density at radius 2 is 1.81 bits per heavy atom. The Morgan fingerprint density at radius 3 is 2.58 bits per heavy atom. The third kappa shape index (κ3) is 4.23. The SMILES string of the molecule is O=C(NCc1cccnc1Oc1ccccc1F)[C@@H](O)c1ccccc1. The number of hydrogen-bond acceptors (Lipinski definition) is 4. The van der Waals surface area contributed by atoms with E-state index in [1.807, 2.05) is 0 Å². The highest BCUT2D eigenvalue weighted by molar-refractivity contribution is 5.81. The number of hydrogen-bond donors (Lipinski definition) is 2. The summed E-state index contributed by atoms with van der Waals surface area (Å²) in [6.07, 6.45) is 0.240. The molecule has 0 aliphatic heterocycles. The number of aromatic nitrogens is 1. The molecule has 1 atom stereocenters. The number of amides is 1. The van der Waals surface area contributed by atoms with Gasteiger partial charge >= 0.3 is 0 Å². The number of ether oxygens (including phenoxy) is 1. The molecule has 1 aromatic heterocycles. The predicted octanol–water partition coefficient (Wildman–Crippen LogP) is 3.36. The van der Waals surface area contributed by atoms with Crippen molar-refractivity contribution in [2.45, 2.75) is 12.6 Å². The van der Waals surface area contributed by atoms with Gasteiger partial charge in [-0.05, 0) is 23.8 Å². The van der Waals surface area contributed by atoms with E-state index in [9.17, 15) is 14.3 Å². The summed E-state index contributed by atoms with van der Waals surface area (Å²) in [5.41, 5.74) is 1.06. The number of rotatable bonds is 6. The van der Waals surface area contributed by atoms with Crippen LogP contribution in [0.1, 0.15) is 17.2 Å². The van der Waals surface area contributed by atoms with Gasteiger partial charge in [-0.2, -0.15) is 0 Å². The van der Waals surface area contributed by atoms with Gasteiger partial charge in [0, 0.05) is 18.3 Å². The van der Waals surface area contributed by atoms with Crippen molar-refractivity contribution < 1.29 is 19.0 Å². The first-order chi connectivity index (χ1) is 12.6. The molecule has 2 N–H and O–H groups in total. The molecule has 0 unspecified atom stereocenters. The van der Waals surface area contributed by atoms with Gasteiger partial charge in [0.1, 0.15) is 0 Å². The van der Waals surface area contributed by atoms with Gasteiger partial charge in [0.25, 0.3) is 5.91 Å². The maximum atomic E-state index is 13.8. The molecular weight excluding hydrogens is 335 g/mol. The van der Waals surface area contributed by atoms with Crippen LogP contribution in [0, 0.1) is 5.82 Å². The monoisotopic (exact) mass is 352 g/mol. The lowest BCUT2D eigenvalue weighted by Crippen LogP contribution is -2.29. The van der Waals surface area contributed by atoms with Gasteiger partial charge in [-0.25, -0.2) is 9.37 Å². The molecule has 3 rings (SSSR count). The van der Waals surface area contributed by atoms with Crippen molar-refractivity contribution in [3.8, 4) is 11.6 Å². The standard InChI is InChI=1S/C20H17FN2O3/c21-16-10-4-5-11-17(16)26-20-15(9-6-12-22-20)13-23-19(25)18(24)14-7-2-1-3-8-14/h1-12,18,24H,13H2,(H,23,25)/t18-/m0/s1. The molecule has 3 aromatic rings. The van der Waals surface area contributed by atoms with Crippen LogP contribution in [0.25, 0.3) is 0 Å². The van der Waals surface area contributed by atoms with Crippen LogP contribution in [0.2, 0.25) is 0 Å². The molecule has 0 bridgehead atoms. The number of nitrogens with zero attached hydrogens (tertiary/aromatic N) is 1. The zero-order valence-corrected chi connectivity index (χ0v) is 13.8. The lowest BCUT2D eigenvalue weighted by molar-refractivity contribution is -0.129. The minimum absolute atomic E-state index is 0.0445. The number of nitrogens with one attached hydrogen (secondary N) is 1. The molecule has 6 heteroatoms. The Balaban J connectivity index is 1.69. The summed E-state index contributed by atoms with van der Waals surface area (Å²) >= 11 is 0. The maximum Gasteiger partial charge on any atom is 0.253 e. The van der Waals surface area contributed by atoms with Crippen molar-refractivity contribution >= 4 is 5.91 Å². The van der Waals surface area contributed by atoms with E-state index < -0.39 is 17.8 Å². The molecule has 2 aromatic carbocycles. The number of aliphatic hydroxyl groups is 1. The van der Waals surface area contributed by atoms with Crippen molar-refractivity contribution in [1.29, 1.82) is 0 Å². The predicted molar refractivity (Wildman–Crippen MR) is 94.0 cm³/mol. The van der Waals surface area contributed by atoms with E-state index in [1.165, 1.54) is 18.3 Å². The Morgan fingerprint density at radius 1 is 1.08 bits per heavy atom. The summed E-state index contributed by atoms with van der Waals surface area (Å²) in [6, 6.07) is 18.0. The highest BCUT2D eigenvalue weighted by atomic mass is 19.1. The Kier molecular flexibility index (Phi) is 5.56. The van der Waals surface area contributed by atoms with Gasteiger partial charge in [0.2, 0.25) is 5.88 Å². The second-order valence-electron chi connectivity index (χ2n) is 5.53. The number of benzene rings is 2. The Labute approximate surface area is 150 Å². The fourth-order valence-electron chi connectivity index (χ4n) is 2.35. The van der Waals surface area contributed by atoms with Crippen molar-refractivity contribution in [2.24, 2.45) is 0 Å². The molecule has 26 heavy (non-hydrogen) atoms. The first-order valence-corrected chi connectivity index (χ1v) is 8.02. The second-order valence-corrected chi connectivity index (χ2v) is 5.53. The molecule has 0 aliphatic carbocycles. The van der Waals surface area contributed by atoms with E-state index >= 15 is 0 Å². The van der Waals surface area contributed by atoms with Gasteiger partial charge in [-0.15, -0.1) is 0 Å². The fraction of sp³-hybridized carbons (Fsp3) is 0.100. The van der Waals surface area contributed by atoms with E-state index in [4.69, 9.17) is 4.74 Å². The van der Waals surface area contributed by atoms with Crippen LogP contribution >= 0.6 is 0 Å². The lowest BCUT2D eigenvalue weighted by atomic mass is 10.1. The Bertz CT molecular complexity index is 887. The average Bonchev–Trinajstić information content (AvgIpc) is 2.69. The summed E-state index contributed by atoms with van der Waals surface area (Å²) < 4.78 is 19.3. The van der Waals surface area contributed by atoms with Crippen LogP contribution < -0.4 is 10.1 Å². The summed E-state index contributed by atoms with van der Waals surface area (Å²) in [4.78, 5) is 16.3. The van der Waals surface area contributed by atoms with Crippen LogP contribution in [0.5, 0.6) is 11.6 Å². The number of aliphatic hydroxyl groups excluding tert-OH is 1. The van der Waals surface area contributed by atoms with Gasteiger partial charge in [0.15, 0.2) is 17.7 Å². The molecule has 0 aliphatic rings. The van der Waals surface area contributed by atoms with E-state index in [1.54, 1.807) is 54.6 Å². The highest BCUT2D eigenvalue weighted by Crippen LogP contribution is 2.25. The molecule has 1 heterocycles. The smallest absolute Gasteiger partial charge is 0.253 e. The summed E-state index contributed by atoms with van der Waals surface area (Å²) in [5, 5.41) is 12.7. The van der Waals surface area contributed by atoms with E-state index in [-0.39, 0.29) is 18.2 Å². The summed E-state index contributed by atoms with van der Waals surface area (Å²) in [7, 11) is 0.